The van der Waals surface area contributed by atoms with E-state index in [2.05, 4.69) is 10.6 Å². The number of carbonyl (C=O) groups is 3. The lowest BCUT2D eigenvalue weighted by molar-refractivity contribution is -0.143. The zero-order valence-electron chi connectivity index (χ0n) is 20.8. The molecule has 5 N–H and O–H groups in total. The quantitative estimate of drug-likeness (QED) is 0.424. The number of aliphatic hydroxyl groups is 1. The standard InChI is InChI=1S/C28H38N4O4/c29-17-23(33)18-30-26(34)24(16-19-12-13-20-7-4-5-10-22(20)15-19)31-27(35)25-11-6-14-32(25)28(36)21-8-2-1-3-9-21/h4-5,7,10,12-13,15,21,23-25,33H,1-3,6,8-9,11,14,16-18,29H2,(H,30,34)(H,31,35). The Morgan fingerprint density at radius 1 is 1.00 bits per heavy atom. The minimum Gasteiger partial charge on any atom is -0.390 e. The van der Waals surface area contributed by atoms with Gasteiger partial charge < -0.3 is 26.4 Å². The molecule has 0 spiro atoms. The van der Waals surface area contributed by atoms with E-state index in [1.165, 1.54) is 0 Å². The van der Waals surface area contributed by atoms with Crippen molar-refractivity contribution in [3.8, 4) is 0 Å². The second-order valence-corrected chi connectivity index (χ2v) is 10.1. The topological polar surface area (TPSA) is 125 Å². The third kappa shape index (κ3) is 6.42. The van der Waals surface area contributed by atoms with Crippen molar-refractivity contribution in [2.75, 3.05) is 19.6 Å². The fourth-order valence-corrected chi connectivity index (χ4v) is 5.39. The maximum absolute atomic E-state index is 13.4. The van der Waals surface area contributed by atoms with E-state index < -0.39 is 18.2 Å². The van der Waals surface area contributed by atoms with Gasteiger partial charge in [0.1, 0.15) is 12.1 Å². The molecule has 3 atom stereocenters. The van der Waals surface area contributed by atoms with E-state index in [-0.39, 0.29) is 36.7 Å². The Bertz CT molecular complexity index is 1070. The number of benzene rings is 2. The number of hydrogen-bond donors (Lipinski definition) is 4. The highest BCUT2D eigenvalue weighted by Crippen LogP contribution is 2.29. The van der Waals surface area contributed by atoms with Crippen LogP contribution in [-0.2, 0) is 20.8 Å². The molecule has 1 heterocycles. The van der Waals surface area contributed by atoms with E-state index >= 15 is 0 Å². The van der Waals surface area contributed by atoms with Crippen LogP contribution >= 0.6 is 0 Å². The van der Waals surface area contributed by atoms with Gasteiger partial charge in [0.05, 0.1) is 6.10 Å². The Morgan fingerprint density at radius 2 is 1.75 bits per heavy atom. The Kier molecular flexibility index (Phi) is 8.93. The highest BCUT2D eigenvalue weighted by atomic mass is 16.3. The molecular weight excluding hydrogens is 456 g/mol. The number of amides is 3. The third-order valence-electron chi connectivity index (χ3n) is 7.46. The molecule has 1 aliphatic heterocycles. The molecule has 0 bridgehead atoms. The third-order valence-corrected chi connectivity index (χ3v) is 7.46. The summed E-state index contributed by atoms with van der Waals surface area (Å²) in [6, 6.07) is 12.6. The number of likely N-dealkylation sites (tertiary alicyclic amines) is 1. The van der Waals surface area contributed by atoms with Crippen LogP contribution in [0.4, 0.5) is 0 Å². The van der Waals surface area contributed by atoms with E-state index in [1.807, 2.05) is 42.5 Å². The molecule has 1 aliphatic carbocycles. The van der Waals surface area contributed by atoms with Crippen molar-refractivity contribution < 1.29 is 19.5 Å². The zero-order chi connectivity index (χ0) is 25.5. The number of nitrogens with one attached hydrogen (secondary N) is 2. The number of rotatable bonds is 9. The Balaban J connectivity index is 1.48. The lowest BCUT2D eigenvalue weighted by Crippen LogP contribution is -2.55. The predicted molar refractivity (Wildman–Crippen MR) is 139 cm³/mol. The molecular formula is C28H38N4O4. The Morgan fingerprint density at radius 3 is 2.50 bits per heavy atom. The summed E-state index contributed by atoms with van der Waals surface area (Å²) in [4.78, 5) is 41.4. The molecule has 2 aliphatic rings. The van der Waals surface area contributed by atoms with Crippen molar-refractivity contribution >= 4 is 28.5 Å². The maximum Gasteiger partial charge on any atom is 0.243 e. The van der Waals surface area contributed by atoms with Crippen molar-refractivity contribution in [1.29, 1.82) is 0 Å². The van der Waals surface area contributed by atoms with E-state index in [0.29, 0.717) is 19.4 Å². The maximum atomic E-state index is 13.4. The summed E-state index contributed by atoms with van der Waals surface area (Å²) in [6.07, 6.45) is 5.88. The number of fused-ring (bicyclic) bond motifs is 1. The first-order chi connectivity index (χ1) is 17.5. The molecule has 0 radical (unpaired) electrons. The molecule has 4 rings (SSSR count). The van der Waals surface area contributed by atoms with Gasteiger partial charge in [0.15, 0.2) is 0 Å². The van der Waals surface area contributed by atoms with Crippen LogP contribution in [0, 0.1) is 5.92 Å². The number of nitrogens with two attached hydrogens (primary N) is 1. The van der Waals surface area contributed by atoms with Crippen LogP contribution in [0.1, 0.15) is 50.5 Å². The first-order valence-corrected chi connectivity index (χ1v) is 13.2. The van der Waals surface area contributed by atoms with Crippen LogP contribution in [0.25, 0.3) is 10.8 Å². The first-order valence-electron chi connectivity index (χ1n) is 13.2. The lowest BCUT2D eigenvalue weighted by Gasteiger charge is -2.31. The summed E-state index contributed by atoms with van der Waals surface area (Å²) in [5, 5.41) is 17.6. The van der Waals surface area contributed by atoms with Crippen LogP contribution in [0.3, 0.4) is 0 Å². The number of hydrogen-bond acceptors (Lipinski definition) is 5. The molecule has 1 saturated carbocycles. The van der Waals surface area contributed by atoms with Gasteiger partial charge in [-0.1, -0.05) is 61.7 Å². The van der Waals surface area contributed by atoms with Crippen molar-refractivity contribution in [1.82, 2.24) is 15.5 Å². The van der Waals surface area contributed by atoms with Crippen LogP contribution < -0.4 is 16.4 Å². The van der Waals surface area contributed by atoms with Crippen LogP contribution in [0.2, 0.25) is 0 Å². The monoisotopic (exact) mass is 494 g/mol. The van der Waals surface area contributed by atoms with Crippen molar-refractivity contribution in [3.05, 3.63) is 48.0 Å². The number of nitrogens with zero attached hydrogens (tertiary/aromatic N) is 1. The summed E-state index contributed by atoms with van der Waals surface area (Å²) in [7, 11) is 0. The summed E-state index contributed by atoms with van der Waals surface area (Å²) in [5.41, 5.74) is 6.38. The summed E-state index contributed by atoms with van der Waals surface area (Å²) in [5.74, 6) is -0.598. The molecule has 8 nitrogen and oxygen atoms in total. The second kappa shape index (κ2) is 12.3. The minimum absolute atomic E-state index is 0.00148. The van der Waals surface area contributed by atoms with Gasteiger partial charge in [0.25, 0.3) is 0 Å². The van der Waals surface area contributed by atoms with E-state index in [4.69, 9.17) is 5.73 Å². The Hall–Kier alpha value is -2.97. The average molecular weight is 495 g/mol. The minimum atomic E-state index is -0.857. The molecule has 8 heteroatoms. The first kappa shape index (κ1) is 26.1. The van der Waals surface area contributed by atoms with Gasteiger partial charge >= 0.3 is 0 Å². The average Bonchev–Trinajstić information content (AvgIpc) is 3.41. The van der Waals surface area contributed by atoms with Crippen molar-refractivity contribution in [2.45, 2.75) is 69.6 Å². The van der Waals surface area contributed by atoms with E-state index in [9.17, 15) is 19.5 Å². The molecule has 2 aromatic carbocycles. The number of aliphatic hydroxyl groups excluding tert-OH is 1. The fraction of sp³-hybridized carbons (Fsp3) is 0.536. The molecule has 2 fully saturated rings. The number of carbonyl (C=O) groups excluding carboxylic acids is 3. The predicted octanol–water partition coefficient (Wildman–Crippen LogP) is 1.87. The van der Waals surface area contributed by atoms with E-state index in [1.54, 1.807) is 4.90 Å². The summed E-state index contributed by atoms with van der Waals surface area (Å²) < 4.78 is 0. The van der Waals surface area contributed by atoms with E-state index in [0.717, 1.165) is 54.9 Å². The largest absolute Gasteiger partial charge is 0.390 e. The summed E-state index contributed by atoms with van der Waals surface area (Å²) in [6.45, 7) is 0.620. The van der Waals surface area contributed by atoms with Crippen LogP contribution in [0.15, 0.2) is 42.5 Å². The molecule has 3 amide bonds. The molecule has 0 aromatic heterocycles. The second-order valence-electron chi connectivity index (χ2n) is 10.1. The van der Waals surface area contributed by atoms with Gasteiger partial charge in [-0.25, -0.2) is 0 Å². The van der Waals surface area contributed by atoms with Gasteiger partial charge in [-0.15, -0.1) is 0 Å². The van der Waals surface area contributed by atoms with Gasteiger partial charge in [0, 0.05) is 32.0 Å². The van der Waals surface area contributed by atoms with Crippen molar-refractivity contribution in [3.63, 3.8) is 0 Å². The molecule has 36 heavy (non-hydrogen) atoms. The molecule has 1 saturated heterocycles. The smallest absolute Gasteiger partial charge is 0.243 e. The molecule has 3 unspecified atom stereocenters. The lowest BCUT2D eigenvalue weighted by atomic mass is 9.88. The van der Waals surface area contributed by atoms with Crippen LogP contribution in [-0.4, -0.2) is 65.5 Å². The van der Waals surface area contributed by atoms with Gasteiger partial charge in [-0.3, -0.25) is 14.4 Å². The SMILES string of the molecule is NCC(O)CNC(=O)C(Cc1ccc2ccccc2c1)NC(=O)C1CCCN1C(=O)C1CCCCC1. The normalized spacial score (nSPS) is 20.2. The van der Waals surface area contributed by atoms with Crippen LogP contribution in [0.5, 0.6) is 0 Å². The van der Waals surface area contributed by atoms with Gasteiger partial charge in [-0.05, 0) is 42.0 Å². The highest BCUT2D eigenvalue weighted by Gasteiger charge is 2.38. The fourth-order valence-electron chi connectivity index (χ4n) is 5.39. The summed E-state index contributed by atoms with van der Waals surface area (Å²) >= 11 is 0. The van der Waals surface area contributed by atoms with Gasteiger partial charge in [-0.2, -0.15) is 0 Å². The Labute approximate surface area is 212 Å². The zero-order valence-corrected chi connectivity index (χ0v) is 20.8. The molecule has 194 valence electrons. The van der Waals surface area contributed by atoms with Gasteiger partial charge in [0.2, 0.25) is 17.7 Å². The highest BCUT2D eigenvalue weighted by molar-refractivity contribution is 5.93. The molecule has 2 aromatic rings. The van der Waals surface area contributed by atoms with Crippen molar-refractivity contribution in [2.24, 2.45) is 11.7 Å².